The van der Waals surface area contributed by atoms with Crippen LogP contribution in [0.4, 0.5) is 5.69 Å². The Balaban J connectivity index is 1.53. The number of morpholine rings is 1. The van der Waals surface area contributed by atoms with Gasteiger partial charge in [-0.25, -0.2) is 0 Å². The fourth-order valence-electron chi connectivity index (χ4n) is 4.02. The Morgan fingerprint density at radius 2 is 1.67 bits per heavy atom. The van der Waals surface area contributed by atoms with E-state index in [9.17, 15) is 9.90 Å². The maximum absolute atomic E-state index is 13.0. The van der Waals surface area contributed by atoms with Crippen molar-refractivity contribution in [2.45, 2.75) is 32.7 Å². The van der Waals surface area contributed by atoms with Crippen LogP contribution in [0, 0.1) is 0 Å². The van der Waals surface area contributed by atoms with E-state index in [4.69, 9.17) is 4.74 Å². The Morgan fingerprint density at radius 3 is 2.36 bits per heavy atom. The van der Waals surface area contributed by atoms with Crippen molar-refractivity contribution in [1.82, 2.24) is 4.90 Å². The van der Waals surface area contributed by atoms with E-state index in [1.807, 2.05) is 60.7 Å². The Kier molecular flexibility index (Phi) is 6.82. The van der Waals surface area contributed by atoms with Gasteiger partial charge < -0.3 is 15.2 Å². The van der Waals surface area contributed by atoms with Crippen LogP contribution < -0.4 is 5.32 Å². The molecule has 5 heteroatoms. The van der Waals surface area contributed by atoms with Gasteiger partial charge in [0.1, 0.15) is 5.75 Å². The van der Waals surface area contributed by atoms with Crippen LogP contribution in [0.15, 0.2) is 66.7 Å². The molecule has 33 heavy (non-hydrogen) atoms. The lowest BCUT2D eigenvalue weighted by molar-refractivity contribution is 0.0342. The summed E-state index contributed by atoms with van der Waals surface area (Å²) in [7, 11) is 0. The number of phenols is 1. The van der Waals surface area contributed by atoms with Crippen molar-refractivity contribution in [2.75, 3.05) is 31.6 Å². The van der Waals surface area contributed by atoms with Gasteiger partial charge in [-0.1, -0.05) is 57.2 Å². The van der Waals surface area contributed by atoms with Gasteiger partial charge in [0, 0.05) is 42.0 Å². The van der Waals surface area contributed by atoms with E-state index in [0.717, 1.165) is 44.0 Å². The number of nitrogens with one attached hydrogen (secondary N) is 1. The molecule has 0 spiro atoms. The summed E-state index contributed by atoms with van der Waals surface area (Å²) < 4.78 is 5.41. The second-order valence-electron chi connectivity index (χ2n) is 9.57. The molecule has 3 aromatic rings. The largest absolute Gasteiger partial charge is 0.507 e. The fraction of sp³-hybridized carbons (Fsp3) is 0.321. The van der Waals surface area contributed by atoms with Crippen LogP contribution in [0.1, 0.15) is 42.3 Å². The molecule has 4 rings (SSSR count). The van der Waals surface area contributed by atoms with E-state index in [1.165, 1.54) is 5.56 Å². The number of phenolic OH excluding ortho intramolecular Hbond substituents is 1. The van der Waals surface area contributed by atoms with Crippen LogP contribution >= 0.6 is 0 Å². The molecule has 0 unspecified atom stereocenters. The van der Waals surface area contributed by atoms with Crippen molar-refractivity contribution in [1.29, 1.82) is 0 Å². The van der Waals surface area contributed by atoms with E-state index < -0.39 is 0 Å². The van der Waals surface area contributed by atoms with Crippen molar-refractivity contribution < 1.29 is 14.6 Å². The number of para-hydroxylation sites is 1. The molecule has 0 atom stereocenters. The predicted molar refractivity (Wildman–Crippen MR) is 133 cm³/mol. The molecule has 172 valence electrons. The minimum absolute atomic E-state index is 0.0520. The summed E-state index contributed by atoms with van der Waals surface area (Å²) >= 11 is 0. The van der Waals surface area contributed by atoms with Gasteiger partial charge >= 0.3 is 0 Å². The Bertz CT molecular complexity index is 1110. The Hall–Kier alpha value is -3.15. The molecule has 1 fully saturated rings. The highest BCUT2D eigenvalue weighted by molar-refractivity contribution is 6.06. The van der Waals surface area contributed by atoms with E-state index in [0.29, 0.717) is 16.8 Å². The first-order valence-electron chi connectivity index (χ1n) is 11.4. The zero-order valence-corrected chi connectivity index (χ0v) is 19.6. The third kappa shape index (κ3) is 5.62. The molecular formula is C28H32N2O3. The molecule has 5 nitrogen and oxygen atoms in total. The average molecular weight is 445 g/mol. The van der Waals surface area contributed by atoms with Gasteiger partial charge in [0.05, 0.1) is 13.2 Å². The molecule has 0 bridgehead atoms. The number of hydrogen-bond acceptors (Lipinski definition) is 4. The molecule has 2 N–H and O–H groups in total. The standard InChI is InChI=1S/C28H32N2O3/c1-28(2,3)22-12-13-26(31)24(18-22)23-6-4-5-7-25(23)29-27(32)21-10-8-20(9-11-21)19-30-14-16-33-17-15-30/h4-13,18,31H,14-17,19H2,1-3H3,(H,29,32). The molecule has 1 aliphatic rings. The number of hydrogen-bond donors (Lipinski definition) is 2. The second kappa shape index (κ2) is 9.77. The predicted octanol–water partition coefficient (Wildman–Crippen LogP) is 5.44. The van der Waals surface area contributed by atoms with E-state index in [2.05, 4.69) is 31.0 Å². The second-order valence-corrected chi connectivity index (χ2v) is 9.57. The normalized spacial score (nSPS) is 14.8. The summed E-state index contributed by atoms with van der Waals surface area (Å²) in [6.07, 6.45) is 0. The zero-order chi connectivity index (χ0) is 23.4. The topological polar surface area (TPSA) is 61.8 Å². The van der Waals surface area contributed by atoms with Crippen LogP contribution in [0.25, 0.3) is 11.1 Å². The molecule has 1 aliphatic heterocycles. The first kappa shape index (κ1) is 23.0. The Labute approximate surface area is 196 Å². The first-order valence-corrected chi connectivity index (χ1v) is 11.4. The summed E-state index contributed by atoms with van der Waals surface area (Å²) in [5.41, 5.74) is 5.01. The summed E-state index contributed by atoms with van der Waals surface area (Å²) in [6.45, 7) is 10.7. The number of benzene rings is 3. The SMILES string of the molecule is CC(C)(C)c1ccc(O)c(-c2ccccc2NC(=O)c2ccc(CN3CCOCC3)cc2)c1. The van der Waals surface area contributed by atoms with Gasteiger partial charge in [0.25, 0.3) is 5.91 Å². The lowest BCUT2D eigenvalue weighted by Gasteiger charge is -2.26. The maximum Gasteiger partial charge on any atom is 0.255 e. The van der Waals surface area contributed by atoms with Crippen molar-refractivity contribution >= 4 is 11.6 Å². The van der Waals surface area contributed by atoms with Crippen LogP contribution in [0.2, 0.25) is 0 Å². The average Bonchev–Trinajstić information content (AvgIpc) is 2.80. The minimum Gasteiger partial charge on any atom is -0.507 e. The molecule has 0 saturated carbocycles. The lowest BCUT2D eigenvalue weighted by Crippen LogP contribution is -2.35. The van der Waals surface area contributed by atoms with Crippen LogP contribution in [-0.4, -0.2) is 42.2 Å². The molecular weight excluding hydrogens is 412 g/mol. The van der Waals surface area contributed by atoms with Crippen molar-refractivity contribution in [3.8, 4) is 16.9 Å². The molecule has 1 heterocycles. The lowest BCUT2D eigenvalue weighted by atomic mass is 9.85. The number of aromatic hydroxyl groups is 1. The molecule has 1 amide bonds. The van der Waals surface area contributed by atoms with Gasteiger partial charge in [-0.2, -0.15) is 0 Å². The molecule has 0 radical (unpaired) electrons. The first-order chi connectivity index (χ1) is 15.8. The highest BCUT2D eigenvalue weighted by atomic mass is 16.5. The van der Waals surface area contributed by atoms with Gasteiger partial charge in [-0.3, -0.25) is 9.69 Å². The number of carbonyl (C=O) groups excluding carboxylic acids is 1. The summed E-state index contributed by atoms with van der Waals surface area (Å²) in [5, 5.41) is 13.6. The summed E-state index contributed by atoms with van der Waals surface area (Å²) in [4.78, 5) is 15.4. The smallest absolute Gasteiger partial charge is 0.255 e. The third-order valence-electron chi connectivity index (χ3n) is 6.05. The number of nitrogens with zero attached hydrogens (tertiary/aromatic N) is 1. The highest BCUT2D eigenvalue weighted by Crippen LogP contribution is 2.37. The van der Waals surface area contributed by atoms with E-state index >= 15 is 0 Å². The molecule has 3 aromatic carbocycles. The molecule has 0 aliphatic carbocycles. The van der Waals surface area contributed by atoms with E-state index in [1.54, 1.807) is 6.07 Å². The van der Waals surface area contributed by atoms with E-state index in [-0.39, 0.29) is 17.1 Å². The fourth-order valence-corrected chi connectivity index (χ4v) is 4.02. The monoisotopic (exact) mass is 444 g/mol. The number of anilines is 1. The maximum atomic E-state index is 13.0. The number of amides is 1. The van der Waals surface area contributed by atoms with Crippen LogP contribution in [0.5, 0.6) is 5.75 Å². The van der Waals surface area contributed by atoms with Crippen molar-refractivity contribution in [3.63, 3.8) is 0 Å². The highest BCUT2D eigenvalue weighted by Gasteiger charge is 2.18. The quantitative estimate of drug-likeness (QED) is 0.550. The van der Waals surface area contributed by atoms with Crippen molar-refractivity contribution in [2.24, 2.45) is 0 Å². The molecule has 0 aromatic heterocycles. The van der Waals surface area contributed by atoms with Gasteiger partial charge in [-0.15, -0.1) is 0 Å². The summed E-state index contributed by atoms with van der Waals surface area (Å²) in [5.74, 6) is 0.0176. The number of ether oxygens (including phenoxy) is 1. The summed E-state index contributed by atoms with van der Waals surface area (Å²) in [6, 6.07) is 21.0. The van der Waals surface area contributed by atoms with Gasteiger partial charge in [0.15, 0.2) is 0 Å². The van der Waals surface area contributed by atoms with Gasteiger partial charge in [-0.05, 0) is 46.9 Å². The van der Waals surface area contributed by atoms with Crippen LogP contribution in [0.3, 0.4) is 0 Å². The third-order valence-corrected chi connectivity index (χ3v) is 6.05. The van der Waals surface area contributed by atoms with Crippen LogP contribution in [-0.2, 0) is 16.7 Å². The minimum atomic E-state index is -0.174. The van der Waals surface area contributed by atoms with Gasteiger partial charge in [0.2, 0.25) is 0 Å². The zero-order valence-electron chi connectivity index (χ0n) is 19.6. The number of rotatable bonds is 5. The Morgan fingerprint density at radius 1 is 0.970 bits per heavy atom. The number of carbonyl (C=O) groups is 1. The van der Waals surface area contributed by atoms with Crippen molar-refractivity contribution in [3.05, 3.63) is 83.4 Å². The molecule has 1 saturated heterocycles.